The van der Waals surface area contributed by atoms with Crippen molar-refractivity contribution in [1.29, 1.82) is 0 Å². The zero-order valence-electron chi connectivity index (χ0n) is 16.1. The Labute approximate surface area is 167 Å². The fraction of sp³-hybridized carbons (Fsp3) is 0.278. The number of nitrogens with two attached hydrogens (primary N) is 1. The summed E-state index contributed by atoms with van der Waals surface area (Å²) in [7, 11) is -3.89. The lowest BCUT2D eigenvalue weighted by molar-refractivity contribution is 0.0880. The predicted octanol–water partition coefficient (Wildman–Crippen LogP) is 0.646. The van der Waals surface area contributed by atoms with Gasteiger partial charge in [0.05, 0.1) is 16.8 Å². The van der Waals surface area contributed by atoms with Crippen molar-refractivity contribution in [1.82, 2.24) is 10.3 Å². The molecule has 11 heteroatoms. The highest BCUT2D eigenvalue weighted by atomic mass is 32.2. The number of amidine groups is 1. The van der Waals surface area contributed by atoms with Crippen LogP contribution < -0.4 is 26.1 Å². The van der Waals surface area contributed by atoms with Gasteiger partial charge in [-0.3, -0.25) is 14.3 Å². The number of anilines is 1. The van der Waals surface area contributed by atoms with Crippen LogP contribution in [0.4, 0.5) is 5.69 Å². The molecule has 0 unspecified atom stereocenters. The molecule has 0 saturated carbocycles. The van der Waals surface area contributed by atoms with E-state index in [2.05, 4.69) is 19.4 Å². The van der Waals surface area contributed by atoms with Crippen LogP contribution in [0.3, 0.4) is 0 Å². The van der Waals surface area contributed by atoms with Gasteiger partial charge in [-0.15, -0.1) is 4.40 Å². The quantitative estimate of drug-likeness (QED) is 0.557. The number of pyridine rings is 1. The van der Waals surface area contributed by atoms with Crippen LogP contribution in [-0.2, 0) is 10.2 Å². The van der Waals surface area contributed by atoms with Crippen LogP contribution in [0, 0.1) is 6.92 Å². The number of amides is 1. The Bertz CT molecular complexity index is 1170. The second-order valence-electron chi connectivity index (χ2n) is 7.28. The molecule has 1 aliphatic rings. The normalized spacial score (nSPS) is 14.9. The zero-order chi connectivity index (χ0) is 21.4. The Kier molecular flexibility index (Phi) is 5.09. The van der Waals surface area contributed by atoms with Crippen LogP contribution in [0.15, 0.2) is 39.5 Å². The number of H-pyrrole nitrogens is 1. The second kappa shape index (κ2) is 7.24. The lowest BCUT2D eigenvalue weighted by Crippen LogP contribution is -2.48. The molecule has 0 saturated heterocycles. The third-order valence-electron chi connectivity index (χ3n) is 4.02. The van der Waals surface area contributed by atoms with E-state index < -0.39 is 21.7 Å². The Morgan fingerprint density at radius 3 is 2.72 bits per heavy atom. The lowest BCUT2D eigenvalue weighted by Gasteiger charge is -2.27. The first-order valence-corrected chi connectivity index (χ1v) is 10.1. The Morgan fingerprint density at radius 2 is 2.03 bits per heavy atom. The summed E-state index contributed by atoms with van der Waals surface area (Å²) < 4.78 is 34.9. The van der Waals surface area contributed by atoms with E-state index in [1.54, 1.807) is 45.0 Å². The summed E-state index contributed by atoms with van der Waals surface area (Å²) in [6, 6.07) is 7.57. The average Bonchev–Trinajstić information content (AvgIpc) is 2.57. The second-order valence-corrected chi connectivity index (χ2v) is 8.61. The number of nitrogens with one attached hydrogen (secondary N) is 3. The molecule has 0 fully saturated rings. The first-order chi connectivity index (χ1) is 13.5. The molecule has 3 rings (SSSR count). The summed E-state index contributed by atoms with van der Waals surface area (Å²) >= 11 is 0. The number of aromatic nitrogens is 1. The summed E-state index contributed by atoms with van der Waals surface area (Å²) in [6.45, 7) is 5.24. The van der Waals surface area contributed by atoms with Gasteiger partial charge in [0.25, 0.3) is 5.91 Å². The van der Waals surface area contributed by atoms with E-state index in [-0.39, 0.29) is 29.3 Å². The predicted molar refractivity (Wildman–Crippen MR) is 109 cm³/mol. The number of aryl methyl sites for hydroxylation is 1. The first-order valence-electron chi connectivity index (χ1n) is 8.64. The van der Waals surface area contributed by atoms with Crippen molar-refractivity contribution in [2.75, 3.05) is 11.3 Å². The van der Waals surface area contributed by atoms with Crippen molar-refractivity contribution in [3.05, 3.63) is 57.5 Å². The molecule has 154 valence electrons. The van der Waals surface area contributed by atoms with Gasteiger partial charge in [0.1, 0.15) is 12.4 Å². The van der Waals surface area contributed by atoms with Crippen molar-refractivity contribution in [3.63, 3.8) is 0 Å². The number of aromatic amines is 1. The summed E-state index contributed by atoms with van der Waals surface area (Å²) in [4.78, 5) is 26.7. The molecule has 29 heavy (non-hydrogen) atoms. The van der Waals surface area contributed by atoms with Gasteiger partial charge in [-0.2, -0.15) is 8.42 Å². The van der Waals surface area contributed by atoms with Gasteiger partial charge in [-0.1, -0.05) is 6.07 Å². The first kappa shape index (κ1) is 20.4. The molecular formula is C18H21N5O5S. The van der Waals surface area contributed by atoms with Gasteiger partial charge in [0.15, 0.2) is 5.84 Å². The van der Waals surface area contributed by atoms with Crippen LogP contribution in [0.2, 0.25) is 0 Å². The number of rotatable bonds is 5. The number of hydrogen-bond acceptors (Lipinski definition) is 6. The van der Waals surface area contributed by atoms with E-state index >= 15 is 0 Å². The molecule has 1 aromatic carbocycles. The van der Waals surface area contributed by atoms with Crippen LogP contribution in [-0.4, -0.2) is 37.3 Å². The van der Waals surface area contributed by atoms with Crippen LogP contribution in [0.1, 0.15) is 35.5 Å². The molecule has 5 N–H and O–H groups in total. The molecule has 0 radical (unpaired) electrons. The van der Waals surface area contributed by atoms with Gasteiger partial charge in [0.2, 0.25) is 5.56 Å². The van der Waals surface area contributed by atoms with Crippen molar-refractivity contribution in [2.45, 2.75) is 26.3 Å². The number of nitrogens with zero attached hydrogens (tertiary/aromatic N) is 1. The summed E-state index contributed by atoms with van der Waals surface area (Å²) in [5, 5.41) is 2.81. The van der Waals surface area contributed by atoms with Crippen LogP contribution >= 0.6 is 0 Å². The molecule has 10 nitrogen and oxygen atoms in total. The Hall–Kier alpha value is -3.34. The molecule has 1 aliphatic heterocycles. The number of hydrogen-bond donors (Lipinski definition) is 4. The van der Waals surface area contributed by atoms with Crippen molar-refractivity contribution in [3.8, 4) is 5.75 Å². The van der Waals surface area contributed by atoms with E-state index in [0.717, 1.165) is 0 Å². The molecule has 0 spiro atoms. The highest BCUT2D eigenvalue weighted by Crippen LogP contribution is 2.30. The van der Waals surface area contributed by atoms with E-state index in [9.17, 15) is 18.0 Å². The van der Waals surface area contributed by atoms with Gasteiger partial charge < -0.3 is 20.8 Å². The van der Waals surface area contributed by atoms with Gasteiger partial charge in [-0.05, 0) is 39.0 Å². The monoisotopic (exact) mass is 419 g/mol. The third kappa shape index (κ3) is 4.74. The minimum atomic E-state index is -3.89. The standard InChI is InChI=1S/C18H21N5O5S/c1-10-7-11(8-14(24)20-10)17(25)21-18(2,3)9-28-13-6-4-5-12-15(13)16(19)23-29(26,27)22-12/h4-8,22H,9H2,1-3H3,(H2,19,23)(H,20,24)(H,21,25). The van der Waals surface area contributed by atoms with Crippen LogP contribution in [0.5, 0.6) is 5.75 Å². The number of fused-ring (bicyclic) bond motifs is 1. The maximum Gasteiger partial charge on any atom is 0.344 e. The molecule has 0 atom stereocenters. The number of ether oxygens (including phenoxy) is 1. The number of carbonyl (C=O) groups is 1. The average molecular weight is 419 g/mol. The fourth-order valence-corrected chi connectivity index (χ4v) is 3.67. The molecule has 2 heterocycles. The van der Waals surface area contributed by atoms with E-state index in [0.29, 0.717) is 17.0 Å². The minimum Gasteiger partial charge on any atom is -0.490 e. The van der Waals surface area contributed by atoms with Gasteiger partial charge >= 0.3 is 10.2 Å². The maximum atomic E-state index is 12.5. The van der Waals surface area contributed by atoms with Gasteiger partial charge in [0, 0.05) is 17.3 Å². The topological polar surface area (TPSA) is 156 Å². The highest BCUT2D eigenvalue weighted by molar-refractivity contribution is 7.91. The minimum absolute atomic E-state index is 0.0530. The van der Waals surface area contributed by atoms with Crippen molar-refractivity contribution in [2.24, 2.45) is 10.1 Å². The SMILES string of the molecule is Cc1cc(C(=O)NC(C)(C)COc2cccc3c2C(N)=NS(=O)(=O)N3)cc(=O)[nH]1. The fourth-order valence-electron chi connectivity index (χ4n) is 2.83. The maximum absolute atomic E-state index is 12.5. The molecule has 0 bridgehead atoms. The summed E-state index contributed by atoms with van der Waals surface area (Å²) in [6.07, 6.45) is 0. The van der Waals surface area contributed by atoms with Crippen molar-refractivity contribution < 1.29 is 17.9 Å². The highest BCUT2D eigenvalue weighted by Gasteiger charge is 2.27. The van der Waals surface area contributed by atoms with Crippen LogP contribution in [0.25, 0.3) is 0 Å². The largest absolute Gasteiger partial charge is 0.490 e. The Morgan fingerprint density at radius 1 is 1.31 bits per heavy atom. The zero-order valence-corrected chi connectivity index (χ0v) is 16.9. The van der Waals surface area contributed by atoms with Gasteiger partial charge in [-0.25, -0.2) is 0 Å². The summed E-state index contributed by atoms with van der Waals surface area (Å²) in [5.41, 5.74) is 6.02. The summed E-state index contributed by atoms with van der Waals surface area (Å²) in [5.74, 6) is -0.285. The molecule has 2 aromatic rings. The lowest BCUT2D eigenvalue weighted by atomic mass is 10.1. The molecular weight excluding hydrogens is 398 g/mol. The molecule has 1 aromatic heterocycles. The van der Waals surface area contributed by atoms with E-state index in [4.69, 9.17) is 10.5 Å². The smallest absolute Gasteiger partial charge is 0.344 e. The number of carbonyl (C=O) groups excluding carboxylic acids is 1. The molecule has 1 amide bonds. The van der Waals surface area contributed by atoms with Crippen molar-refractivity contribution >= 4 is 27.6 Å². The van der Waals surface area contributed by atoms with E-state index in [1.807, 2.05) is 0 Å². The Balaban J connectivity index is 1.76. The molecule has 0 aliphatic carbocycles. The number of benzene rings is 1. The third-order valence-corrected chi connectivity index (χ3v) is 4.94. The van der Waals surface area contributed by atoms with E-state index in [1.165, 1.54) is 6.07 Å².